The molecule has 1 unspecified atom stereocenters. The highest BCUT2D eigenvalue weighted by Crippen LogP contribution is 2.31. The molecule has 0 N–H and O–H groups in total. The molecule has 0 radical (unpaired) electrons. The van der Waals surface area contributed by atoms with Crippen LogP contribution in [0, 0.1) is 5.92 Å². The predicted molar refractivity (Wildman–Crippen MR) is 119 cm³/mol. The third kappa shape index (κ3) is 4.35. The van der Waals surface area contributed by atoms with Crippen molar-refractivity contribution in [3.8, 4) is 5.75 Å². The van der Waals surface area contributed by atoms with Gasteiger partial charge in [-0.05, 0) is 30.3 Å². The number of halogens is 2. The number of carbonyl (C=O) groups is 2. The van der Waals surface area contributed by atoms with Gasteiger partial charge in [-0.1, -0.05) is 29.3 Å². The van der Waals surface area contributed by atoms with Gasteiger partial charge in [0.2, 0.25) is 11.8 Å². The maximum absolute atomic E-state index is 13.1. The van der Waals surface area contributed by atoms with Crippen LogP contribution in [0.15, 0.2) is 42.5 Å². The van der Waals surface area contributed by atoms with E-state index in [2.05, 4.69) is 4.90 Å². The molecule has 2 amide bonds. The van der Waals surface area contributed by atoms with E-state index in [4.69, 9.17) is 27.9 Å². The number of rotatable bonds is 4. The zero-order valence-electron chi connectivity index (χ0n) is 16.7. The molecule has 4 rings (SSSR count). The number of ether oxygens (including phenoxy) is 1. The molecule has 8 heteroatoms. The number of anilines is 2. The van der Waals surface area contributed by atoms with E-state index in [0.29, 0.717) is 35.4 Å². The second-order valence-corrected chi connectivity index (χ2v) is 8.42. The normalized spacial score (nSPS) is 19.4. The average Bonchev–Trinajstić information content (AvgIpc) is 3.14. The van der Waals surface area contributed by atoms with Crippen molar-refractivity contribution in [1.29, 1.82) is 0 Å². The fourth-order valence-corrected chi connectivity index (χ4v) is 4.58. The zero-order chi connectivity index (χ0) is 21.3. The van der Waals surface area contributed by atoms with Gasteiger partial charge in [0.15, 0.2) is 0 Å². The number of carbonyl (C=O) groups excluding carboxylic acids is 2. The van der Waals surface area contributed by atoms with Gasteiger partial charge < -0.3 is 19.4 Å². The number of amides is 2. The molecule has 2 saturated heterocycles. The first kappa shape index (κ1) is 20.8. The minimum Gasteiger partial charge on any atom is -0.497 e. The monoisotopic (exact) mass is 447 g/mol. The largest absolute Gasteiger partial charge is 0.497 e. The highest BCUT2D eigenvalue weighted by molar-refractivity contribution is 6.35. The molecule has 2 aromatic carbocycles. The smallest absolute Gasteiger partial charge is 0.228 e. The lowest BCUT2D eigenvalue weighted by Crippen LogP contribution is -2.50. The molecular formula is C22H23Cl2N3O3. The van der Waals surface area contributed by atoms with E-state index in [1.54, 1.807) is 30.2 Å². The van der Waals surface area contributed by atoms with Crippen molar-refractivity contribution in [2.45, 2.75) is 6.42 Å². The van der Waals surface area contributed by atoms with Crippen LogP contribution < -0.4 is 14.5 Å². The van der Waals surface area contributed by atoms with E-state index in [9.17, 15) is 9.59 Å². The summed E-state index contributed by atoms with van der Waals surface area (Å²) in [5, 5.41) is 0.933. The lowest BCUT2D eigenvalue weighted by atomic mass is 10.1. The number of nitrogens with zero attached hydrogens (tertiary/aromatic N) is 3. The summed E-state index contributed by atoms with van der Waals surface area (Å²) >= 11 is 12.1. The summed E-state index contributed by atoms with van der Waals surface area (Å²) in [6.07, 6.45) is 0.207. The highest BCUT2D eigenvalue weighted by atomic mass is 35.5. The molecule has 0 aromatic heterocycles. The molecule has 2 aliphatic rings. The standard InChI is InChI=1S/C22H23Cl2N3O3/c1-30-20-4-2-3-18(13-20)25-5-7-26(8-6-25)22(29)15-9-21(28)27(14-15)19-11-16(23)10-17(24)12-19/h2-4,10-13,15H,5-9,14H2,1H3. The Morgan fingerprint density at radius 2 is 1.70 bits per heavy atom. The zero-order valence-corrected chi connectivity index (χ0v) is 18.2. The Bertz CT molecular complexity index is 940. The van der Waals surface area contributed by atoms with Gasteiger partial charge in [-0.15, -0.1) is 0 Å². The van der Waals surface area contributed by atoms with Crippen molar-refractivity contribution in [1.82, 2.24) is 4.90 Å². The van der Waals surface area contributed by atoms with Gasteiger partial charge >= 0.3 is 0 Å². The third-order valence-electron chi connectivity index (χ3n) is 5.64. The Hall–Kier alpha value is -2.44. The highest BCUT2D eigenvalue weighted by Gasteiger charge is 2.38. The Labute approximate surface area is 185 Å². The molecule has 2 fully saturated rings. The number of benzene rings is 2. The number of methoxy groups -OCH3 is 1. The van der Waals surface area contributed by atoms with Gasteiger partial charge in [0.25, 0.3) is 0 Å². The minimum absolute atomic E-state index is 0.0317. The van der Waals surface area contributed by atoms with Crippen LogP contribution in [-0.4, -0.2) is 56.5 Å². The van der Waals surface area contributed by atoms with Crippen molar-refractivity contribution in [2.75, 3.05) is 49.6 Å². The number of piperazine rings is 1. The topological polar surface area (TPSA) is 53.1 Å². The van der Waals surface area contributed by atoms with E-state index in [0.717, 1.165) is 24.5 Å². The van der Waals surface area contributed by atoms with Gasteiger partial charge in [-0.2, -0.15) is 0 Å². The SMILES string of the molecule is COc1cccc(N2CCN(C(=O)C3CC(=O)N(c4cc(Cl)cc(Cl)c4)C3)CC2)c1. The first-order valence-corrected chi connectivity index (χ1v) is 10.6. The first-order valence-electron chi connectivity index (χ1n) is 9.89. The molecule has 1 atom stereocenters. The summed E-state index contributed by atoms with van der Waals surface area (Å²) in [7, 11) is 1.65. The van der Waals surface area contributed by atoms with E-state index >= 15 is 0 Å². The van der Waals surface area contributed by atoms with Gasteiger partial charge in [0.05, 0.1) is 13.0 Å². The Morgan fingerprint density at radius 3 is 2.37 bits per heavy atom. The van der Waals surface area contributed by atoms with Gasteiger partial charge in [-0.25, -0.2) is 0 Å². The number of hydrogen-bond donors (Lipinski definition) is 0. The van der Waals surface area contributed by atoms with Gasteiger partial charge in [0.1, 0.15) is 5.75 Å². The van der Waals surface area contributed by atoms with E-state index in [1.165, 1.54) is 0 Å². The van der Waals surface area contributed by atoms with Crippen LogP contribution in [0.2, 0.25) is 10.0 Å². The van der Waals surface area contributed by atoms with E-state index in [1.807, 2.05) is 29.2 Å². The van der Waals surface area contributed by atoms with Crippen molar-refractivity contribution in [2.24, 2.45) is 5.92 Å². The third-order valence-corrected chi connectivity index (χ3v) is 6.08. The van der Waals surface area contributed by atoms with Gasteiger partial charge in [-0.3, -0.25) is 9.59 Å². The fourth-order valence-electron chi connectivity index (χ4n) is 4.07. The maximum atomic E-state index is 13.1. The molecule has 2 aliphatic heterocycles. The Kier molecular flexibility index (Phi) is 6.06. The molecule has 0 saturated carbocycles. The maximum Gasteiger partial charge on any atom is 0.228 e. The molecule has 30 heavy (non-hydrogen) atoms. The van der Waals surface area contributed by atoms with Crippen LogP contribution in [0.4, 0.5) is 11.4 Å². The molecule has 2 heterocycles. The Balaban J connectivity index is 1.38. The summed E-state index contributed by atoms with van der Waals surface area (Å²) in [5.74, 6) is 0.418. The van der Waals surface area contributed by atoms with Crippen LogP contribution in [0.25, 0.3) is 0 Å². The van der Waals surface area contributed by atoms with Crippen molar-refractivity contribution in [3.63, 3.8) is 0 Å². The van der Waals surface area contributed by atoms with E-state index < -0.39 is 0 Å². The Morgan fingerprint density at radius 1 is 1.00 bits per heavy atom. The summed E-state index contributed by atoms with van der Waals surface area (Å²) < 4.78 is 5.30. The molecule has 0 aliphatic carbocycles. The molecule has 0 bridgehead atoms. The van der Waals surface area contributed by atoms with Crippen LogP contribution in [0.3, 0.4) is 0 Å². The lowest BCUT2D eigenvalue weighted by molar-refractivity contribution is -0.136. The quantitative estimate of drug-likeness (QED) is 0.716. The minimum atomic E-state index is -0.348. The van der Waals surface area contributed by atoms with Crippen molar-refractivity contribution >= 4 is 46.4 Å². The predicted octanol–water partition coefficient (Wildman–Crippen LogP) is 3.70. The second kappa shape index (κ2) is 8.74. The molecule has 0 spiro atoms. The number of hydrogen-bond acceptors (Lipinski definition) is 4. The lowest BCUT2D eigenvalue weighted by Gasteiger charge is -2.37. The fraction of sp³-hybridized carbons (Fsp3) is 0.364. The first-order chi connectivity index (χ1) is 14.4. The van der Waals surface area contributed by atoms with Gasteiger partial charge in [0, 0.05) is 66.6 Å². The molecule has 2 aromatic rings. The van der Waals surface area contributed by atoms with Crippen molar-refractivity contribution in [3.05, 3.63) is 52.5 Å². The molecule has 158 valence electrons. The summed E-state index contributed by atoms with van der Waals surface area (Å²) in [6, 6.07) is 12.9. The van der Waals surface area contributed by atoms with Crippen LogP contribution >= 0.6 is 23.2 Å². The second-order valence-electron chi connectivity index (χ2n) is 7.55. The average molecular weight is 448 g/mol. The summed E-state index contributed by atoms with van der Waals surface area (Å²) in [5.41, 5.74) is 1.72. The summed E-state index contributed by atoms with van der Waals surface area (Å²) in [6.45, 7) is 3.10. The van der Waals surface area contributed by atoms with Crippen LogP contribution in [0.1, 0.15) is 6.42 Å². The van der Waals surface area contributed by atoms with Crippen molar-refractivity contribution < 1.29 is 14.3 Å². The van der Waals surface area contributed by atoms with Crippen LogP contribution in [0.5, 0.6) is 5.75 Å². The molecule has 6 nitrogen and oxygen atoms in total. The molecular weight excluding hydrogens is 425 g/mol. The van der Waals surface area contributed by atoms with E-state index in [-0.39, 0.29) is 24.2 Å². The summed E-state index contributed by atoms with van der Waals surface area (Å²) in [4.78, 5) is 31.3. The van der Waals surface area contributed by atoms with Crippen LogP contribution in [-0.2, 0) is 9.59 Å².